The first-order chi connectivity index (χ1) is 12.0. The van der Waals surface area contributed by atoms with Gasteiger partial charge in [-0.05, 0) is 43.5 Å². The predicted octanol–water partition coefficient (Wildman–Crippen LogP) is 2.38. The number of urea groups is 1. The first kappa shape index (κ1) is 16.5. The number of hydrogen-bond donors (Lipinski definition) is 0. The van der Waals surface area contributed by atoms with Crippen LogP contribution in [0.2, 0.25) is 0 Å². The van der Waals surface area contributed by atoms with Crippen LogP contribution in [0.25, 0.3) is 0 Å². The zero-order chi connectivity index (χ0) is 17.4. The van der Waals surface area contributed by atoms with Gasteiger partial charge in [0, 0.05) is 45.7 Å². The molecule has 1 atom stereocenters. The number of likely N-dealkylation sites (tertiary alicyclic amines) is 2. The molecule has 0 bridgehead atoms. The van der Waals surface area contributed by atoms with Crippen molar-refractivity contribution < 1.29 is 14.3 Å². The Morgan fingerprint density at radius 2 is 2.00 bits per heavy atom. The molecule has 6 heteroatoms. The van der Waals surface area contributed by atoms with Gasteiger partial charge in [0.2, 0.25) is 6.79 Å². The average molecular weight is 345 g/mol. The quantitative estimate of drug-likeness (QED) is 0.826. The van der Waals surface area contributed by atoms with E-state index in [-0.39, 0.29) is 11.4 Å². The smallest absolute Gasteiger partial charge is 0.319 e. The lowest BCUT2D eigenvalue weighted by molar-refractivity contribution is 0.0945. The summed E-state index contributed by atoms with van der Waals surface area (Å²) in [5, 5.41) is 0. The summed E-state index contributed by atoms with van der Waals surface area (Å²) in [4.78, 5) is 18.6. The molecule has 0 aromatic heterocycles. The van der Waals surface area contributed by atoms with Gasteiger partial charge in [0.25, 0.3) is 0 Å². The number of rotatable bonds is 2. The first-order valence-electron chi connectivity index (χ1n) is 9.12. The molecule has 3 aliphatic rings. The molecule has 2 saturated heterocycles. The van der Waals surface area contributed by atoms with Crippen molar-refractivity contribution >= 4 is 6.03 Å². The van der Waals surface area contributed by atoms with Crippen LogP contribution in [0.3, 0.4) is 0 Å². The molecule has 3 heterocycles. The van der Waals surface area contributed by atoms with Crippen molar-refractivity contribution in [3.63, 3.8) is 0 Å². The zero-order valence-corrected chi connectivity index (χ0v) is 15.2. The van der Waals surface area contributed by atoms with Crippen LogP contribution < -0.4 is 9.47 Å². The van der Waals surface area contributed by atoms with Gasteiger partial charge in [-0.1, -0.05) is 6.07 Å². The lowest BCUT2D eigenvalue weighted by atomic mass is 9.79. The molecule has 0 saturated carbocycles. The Kier molecular flexibility index (Phi) is 4.23. The molecule has 25 heavy (non-hydrogen) atoms. The molecule has 2 amide bonds. The fourth-order valence-corrected chi connectivity index (χ4v) is 4.45. The lowest BCUT2D eigenvalue weighted by Crippen LogP contribution is -2.50. The maximum Gasteiger partial charge on any atom is 0.319 e. The Morgan fingerprint density at radius 3 is 2.84 bits per heavy atom. The van der Waals surface area contributed by atoms with E-state index in [2.05, 4.69) is 17.0 Å². The summed E-state index contributed by atoms with van der Waals surface area (Å²) in [5.74, 6) is 1.69. The highest BCUT2D eigenvalue weighted by Crippen LogP contribution is 2.40. The normalized spacial score (nSPS) is 25.6. The SMILES string of the molecule is CN(C)C(=O)N1CCCC2(CCN(Cc3ccc4c(c3)OCO4)C2)C1. The Bertz CT molecular complexity index is 663. The van der Waals surface area contributed by atoms with Gasteiger partial charge in [0.1, 0.15) is 0 Å². The van der Waals surface area contributed by atoms with Crippen molar-refractivity contribution in [3.05, 3.63) is 23.8 Å². The van der Waals surface area contributed by atoms with Crippen molar-refractivity contribution in [2.45, 2.75) is 25.8 Å². The van der Waals surface area contributed by atoms with E-state index in [1.165, 1.54) is 18.4 Å². The molecule has 1 aromatic carbocycles. The maximum atomic E-state index is 12.3. The minimum Gasteiger partial charge on any atom is -0.454 e. The number of nitrogens with zero attached hydrogens (tertiary/aromatic N) is 3. The number of ether oxygens (including phenoxy) is 2. The minimum absolute atomic E-state index is 0.147. The summed E-state index contributed by atoms with van der Waals surface area (Å²) in [6.07, 6.45) is 3.51. The van der Waals surface area contributed by atoms with Crippen LogP contribution in [-0.4, -0.2) is 67.8 Å². The second-order valence-corrected chi connectivity index (χ2v) is 7.85. The standard InChI is InChI=1S/C19H27N3O3/c1-20(2)18(23)22-8-3-6-19(13-22)7-9-21(12-19)11-15-4-5-16-17(10-15)25-14-24-16/h4-5,10H,3,6-9,11-14H2,1-2H3. The van der Waals surface area contributed by atoms with Gasteiger partial charge in [-0.15, -0.1) is 0 Å². The van der Waals surface area contributed by atoms with Crippen molar-refractivity contribution in [1.29, 1.82) is 0 Å². The van der Waals surface area contributed by atoms with Crippen LogP contribution in [0.5, 0.6) is 11.5 Å². The van der Waals surface area contributed by atoms with Crippen LogP contribution in [0.4, 0.5) is 4.79 Å². The fraction of sp³-hybridized carbons (Fsp3) is 0.632. The lowest BCUT2D eigenvalue weighted by Gasteiger charge is -2.41. The third-order valence-electron chi connectivity index (χ3n) is 5.68. The van der Waals surface area contributed by atoms with E-state index < -0.39 is 0 Å². The molecule has 4 rings (SSSR count). The van der Waals surface area contributed by atoms with Gasteiger partial charge in [0.15, 0.2) is 11.5 Å². The average Bonchev–Trinajstić information content (AvgIpc) is 3.21. The number of carbonyl (C=O) groups excluding carboxylic acids is 1. The molecule has 1 unspecified atom stereocenters. The zero-order valence-electron chi connectivity index (χ0n) is 15.2. The highest BCUT2D eigenvalue weighted by Gasteiger charge is 2.42. The molecule has 0 radical (unpaired) electrons. The van der Waals surface area contributed by atoms with Crippen molar-refractivity contribution in [2.24, 2.45) is 5.41 Å². The maximum absolute atomic E-state index is 12.3. The largest absolute Gasteiger partial charge is 0.454 e. The first-order valence-corrected chi connectivity index (χ1v) is 9.12. The van der Waals surface area contributed by atoms with Crippen LogP contribution in [0.1, 0.15) is 24.8 Å². The topological polar surface area (TPSA) is 45.3 Å². The van der Waals surface area contributed by atoms with Crippen LogP contribution in [0.15, 0.2) is 18.2 Å². The monoisotopic (exact) mass is 345 g/mol. The van der Waals surface area contributed by atoms with Gasteiger partial charge in [-0.3, -0.25) is 4.90 Å². The molecule has 1 aromatic rings. The molecule has 1 spiro atoms. The van der Waals surface area contributed by atoms with Gasteiger partial charge < -0.3 is 19.3 Å². The van der Waals surface area contributed by atoms with Crippen molar-refractivity contribution in [3.8, 4) is 11.5 Å². The molecule has 2 fully saturated rings. The summed E-state index contributed by atoms with van der Waals surface area (Å²) < 4.78 is 10.9. The Morgan fingerprint density at radius 1 is 1.16 bits per heavy atom. The third-order valence-corrected chi connectivity index (χ3v) is 5.68. The number of carbonyl (C=O) groups is 1. The van der Waals surface area contributed by atoms with E-state index in [0.29, 0.717) is 6.79 Å². The highest BCUT2D eigenvalue weighted by molar-refractivity contribution is 5.74. The third kappa shape index (κ3) is 3.27. The van der Waals surface area contributed by atoms with Gasteiger partial charge in [-0.2, -0.15) is 0 Å². The summed E-state index contributed by atoms with van der Waals surface area (Å²) >= 11 is 0. The van der Waals surface area contributed by atoms with E-state index >= 15 is 0 Å². The fourth-order valence-electron chi connectivity index (χ4n) is 4.45. The minimum atomic E-state index is 0.147. The van der Waals surface area contributed by atoms with Crippen molar-refractivity contribution in [2.75, 3.05) is 47.1 Å². The summed E-state index contributed by atoms with van der Waals surface area (Å²) in [6, 6.07) is 6.37. The molecule has 136 valence electrons. The molecular weight excluding hydrogens is 318 g/mol. The van der Waals surface area contributed by atoms with E-state index in [9.17, 15) is 4.79 Å². The van der Waals surface area contributed by atoms with E-state index in [1.54, 1.807) is 4.90 Å². The summed E-state index contributed by atoms with van der Waals surface area (Å²) in [7, 11) is 3.67. The van der Waals surface area contributed by atoms with Crippen LogP contribution in [-0.2, 0) is 6.54 Å². The van der Waals surface area contributed by atoms with Crippen LogP contribution >= 0.6 is 0 Å². The Labute approximate surface area is 149 Å². The molecule has 0 aliphatic carbocycles. The Balaban J connectivity index is 1.40. The highest BCUT2D eigenvalue weighted by atomic mass is 16.7. The number of benzene rings is 1. The van der Waals surface area contributed by atoms with Gasteiger partial charge in [-0.25, -0.2) is 4.79 Å². The van der Waals surface area contributed by atoms with Gasteiger partial charge >= 0.3 is 6.03 Å². The molecular formula is C19H27N3O3. The van der Waals surface area contributed by atoms with Crippen molar-refractivity contribution in [1.82, 2.24) is 14.7 Å². The molecule has 3 aliphatic heterocycles. The number of hydrogen-bond acceptors (Lipinski definition) is 4. The number of fused-ring (bicyclic) bond motifs is 1. The van der Waals surface area contributed by atoms with E-state index in [1.807, 2.05) is 25.1 Å². The Hall–Kier alpha value is -1.95. The summed E-state index contributed by atoms with van der Waals surface area (Å²) in [6.45, 7) is 5.20. The summed E-state index contributed by atoms with van der Waals surface area (Å²) in [5.41, 5.74) is 1.53. The second-order valence-electron chi connectivity index (χ2n) is 7.85. The second kappa shape index (κ2) is 6.41. The number of piperidine rings is 1. The van der Waals surface area contributed by atoms with Gasteiger partial charge in [0.05, 0.1) is 0 Å². The van der Waals surface area contributed by atoms with Crippen LogP contribution in [0, 0.1) is 5.41 Å². The van der Waals surface area contributed by atoms with E-state index in [0.717, 1.165) is 50.6 Å². The van der Waals surface area contributed by atoms with E-state index in [4.69, 9.17) is 9.47 Å². The molecule has 6 nitrogen and oxygen atoms in total. The molecule has 0 N–H and O–H groups in total. The predicted molar refractivity (Wildman–Crippen MR) is 94.8 cm³/mol. The number of amides is 2.